The number of halogens is 2. The topological polar surface area (TPSA) is 267 Å². The normalized spacial score (nSPS) is 34.8. The number of carbonyl (C=O) groups is 3. The second-order valence-corrected chi connectivity index (χ2v) is 20.1. The third kappa shape index (κ3) is 14.7. The van der Waals surface area contributed by atoms with Crippen molar-refractivity contribution in [3.05, 3.63) is 79.9 Å². The van der Waals surface area contributed by atoms with Crippen LogP contribution in [0.2, 0.25) is 10.0 Å². The SMILES string of the molecule is CCc1c(Cl)c(O)c(Cl)c(O)c1C(=O)O[C@H]1[C@H](O)[C@H](OC)[C@H](OC/C2=C\C=C\C[C@H](O)/C(C)=C\[C@H](CC)[C@@H](O[C@@H]3OC(C)(C)[C@@H](OC(=O)C(C)C)[C@H](O)[C@@H]3O)/C(C)=C/C(C)=C/C[C@@H]([C@@H](C)O)OC2=O)O[C@@H]1C. The number of allylic oxidation sites excluding steroid dienone is 4. The lowest BCUT2D eigenvalue weighted by molar-refractivity contribution is -0.333. The molecule has 0 saturated carbocycles. The molecule has 2 saturated heterocycles. The number of phenols is 2. The summed E-state index contributed by atoms with van der Waals surface area (Å²) in [6.45, 7) is 18.1. The van der Waals surface area contributed by atoms with E-state index in [0.29, 0.717) is 23.1 Å². The molecule has 0 amide bonds. The van der Waals surface area contributed by atoms with Crippen LogP contribution in [0.5, 0.6) is 11.5 Å². The number of hydrogen-bond acceptors (Lipinski definition) is 18. The fourth-order valence-electron chi connectivity index (χ4n) is 8.60. The fraction of sp³-hybridized carbons (Fsp3) is 0.635. The number of aromatic hydroxyl groups is 2. The van der Waals surface area contributed by atoms with E-state index in [-0.39, 0.29) is 35.4 Å². The molecule has 3 aliphatic heterocycles. The van der Waals surface area contributed by atoms with Crippen molar-refractivity contribution in [1.82, 2.24) is 0 Å². The number of carbonyl (C=O) groups excluding carboxylic acids is 3. The summed E-state index contributed by atoms with van der Waals surface area (Å²) in [4.78, 5) is 40.0. The van der Waals surface area contributed by atoms with E-state index < -0.39 is 144 Å². The maximum Gasteiger partial charge on any atom is 0.342 e. The van der Waals surface area contributed by atoms with Crippen LogP contribution in [0.15, 0.2) is 58.7 Å². The summed E-state index contributed by atoms with van der Waals surface area (Å²) < 4.78 is 47.5. The van der Waals surface area contributed by atoms with Gasteiger partial charge in [0, 0.05) is 19.4 Å². The number of methoxy groups -OCH3 is 1. The average Bonchev–Trinajstić information content (AvgIpc) is 3.32. The lowest BCUT2D eigenvalue weighted by Gasteiger charge is -2.47. The van der Waals surface area contributed by atoms with Crippen molar-refractivity contribution in [1.29, 1.82) is 0 Å². The molecule has 1 aromatic carbocycles. The molecule has 7 N–H and O–H groups in total. The molecule has 0 bridgehead atoms. The van der Waals surface area contributed by atoms with Crippen LogP contribution in [0.1, 0.15) is 111 Å². The van der Waals surface area contributed by atoms with Gasteiger partial charge < -0.3 is 73.6 Å². The highest BCUT2D eigenvalue weighted by Gasteiger charge is 2.53. The first kappa shape index (κ1) is 60.7. The van der Waals surface area contributed by atoms with Gasteiger partial charge in [0.05, 0.1) is 47.5 Å². The summed E-state index contributed by atoms with van der Waals surface area (Å²) in [6.07, 6.45) is -5.45. The molecule has 2 fully saturated rings. The Morgan fingerprint density at radius 1 is 0.903 bits per heavy atom. The second-order valence-electron chi connectivity index (χ2n) is 19.4. The highest BCUT2D eigenvalue weighted by molar-refractivity contribution is 6.39. The van der Waals surface area contributed by atoms with Crippen molar-refractivity contribution in [3.63, 3.8) is 0 Å². The minimum atomic E-state index is -1.61. The Morgan fingerprint density at radius 2 is 1.57 bits per heavy atom. The van der Waals surface area contributed by atoms with Crippen LogP contribution in [0.3, 0.4) is 0 Å². The van der Waals surface area contributed by atoms with Gasteiger partial charge in [-0.05, 0) is 90.5 Å². The summed E-state index contributed by atoms with van der Waals surface area (Å²) in [7, 11) is 1.26. The molecule has 14 atom stereocenters. The predicted octanol–water partition coefficient (Wildman–Crippen LogP) is 6.23. The molecule has 0 radical (unpaired) electrons. The molecule has 1 aromatic rings. The standard InChI is InChI=1S/C52H74Cl2O18/c1-13-30-22-26(6)33(56)18-16-15-17-31(23-66-51-45(65-12)42(61)44(29(9)67-51)69-49(64)35-32(14-2)36(53)39(58)37(54)38(35)57)48(63)68-34(28(8)55)20-19-25(5)21-27(7)43(30)70-50-41(60)40(59)46(52(10,11)72-50)71-47(62)24(3)4/h15-17,19,21-22,24,28-30,33-34,40-46,50-51,55-61H,13-14,18,20,23H2,1-12H3/b16-15+,25-19+,26-22-,27-21+,31-17+/t28-,29-,30+,33+,34+,40-,41+,42+,43+,44-,45+,46+,50-,51-/m1/s1. The fourth-order valence-corrected chi connectivity index (χ4v) is 9.16. The largest absolute Gasteiger partial charge is 0.505 e. The Balaban J connectivity index is 1.61. The molecule has 0 unspecified atom stereocenters. The van der Waals surface area contributed by atoms with Gasteiger partial charge in [0.25, 0.3) is 0 Å². The Morgan fingerprint density at radius 3 is 2.17 bits per heavy atom. The number of esters is 3. The van der Waals surface area contributed by atoms with Crippen molar-refractivity contribution in [3.8, 4) is 11.5 Å². The summed E-state index contributed by atoms with van der Waals surface area (Å²) in [6, 6.07) is 0. The molecule has 3 aliphatic rings. The minimum Gasteiger partial charge on any atom is -0.505 e. The Kier molecular flexibility index (Phi) is 22.4. The van der Waals surface area contributed by atoms with Crippen molar-refractivity contribution < 1.29 is 88.0 Å². The van der Waals surface area contributed by atoms with E-state index in [1.54, 1.807) is 53.7 Å². The van der Waals surface area contributed by atoms with Crippen molar-refractivity contribution >= 4 is 41.1 Å². The van der Waals surface area contributed by atoms with Gasteiger partial charge in [-0.15, -0.1) is 0 Å². The minimum absolute atomic E-state index is 0.0372. The van der Waals surface area contributed by atoms with E-state index in [2.05, 4.69) is 0 Å². The molecule has 4 rings (SSSR count). The zero-order valence-electron chi connectivity index (χ0n) is 43.0. The maximum absolute atomic E-state index is 13.9. The maximum atomic E-state index is 13.9. The number of rotatable bonds is 13. The third-order valence-electron chi connectivity index (χ3n) is 13.0. The molecule has 0 aromatic heterocycles. The number of aliphatic hydroxyl groups is 5. The van der Waals surface area contributed by atoms with E-state index in [0.717, 1.165) is 0 Å². The first-order valence-electron chi connectivity index (χ1n) is 24.2. The van der Waals surface area contributed by atoms with E-state index in [9.17, 15) is 50.1 Å². The van der Waals surface area contributed by atoms with Crippen LogP contribution >= 0.6 is 23.2 Å². The zero-order chi connectivity index (χ0) is 54.1. The number of hydrogen-bond donors (Lipinski definition) is 7. The van der Waals surface area contributed by atoms with Gasteiger partial charge in [0.15, 0.2) is 36.3 Å². The molecule has 0 spiro atoms. The van der Waals surface area contributed by atoms with Crippen molar-refractivity contribution in [2.24, 2.45) is 11.8 Å². The first-order chi connectivity index (χ1) is 33.7. The first-order valence-corrected chi connectivity index (χ1v) is 24.9. The zero-order valence-corrected chi connectivity index (χ0v) is 44.5. The molecule has 404 valence electrons. The predicted molar refractivity (Wildman–Crippen MR) is 265 cm³/mol. The quantitative estimate of drug-likeness (QED) is 0.0655. The number of aliphatic hydroxyl groups excluding tert-OH is 5. The Hall–Kier alpha value is -3.89. The summed E-state index contributed by atoms with van der Waals surface area (Å²) in [5.41, 5.74) is 0.318. The van der Waals surface area contributed by atoms with Crippen LogP contribution in [-0.2, 0) is 53.9 Å². The van der Waals surface area contributed by atoms with Gasteiger partial charge in [0.2, 0.25) is 0 Å². The Labute approximate surface area is 431 Å². The highest BCUT2D eigenvalue weighted by Crippen LogP contribution is 2.45. The van der Waals surface area contributed by atoms with E-state index in [1.165, 1.54) is 33.1 Å². The van der Waals surface area contributed by atoms with E-state index in [4.69, 9.17) is 61.1 Å². The summed E-state index contributed by atoms with van der Waals surface area (Å²) in [5.74, 6) is -4.78. The van der Waals surface area contributed by atoms with Crippen LogP contribution < -0.4 is 0 Å². The summed E-state index contributed by atoms with van der Waals surface area (Å²) in [5, 5.41) is 76.5. The Bertz CT molecular complexity index is 2220. The number of benzene rings is 1. The number of ether oxygens (including phenoxy) is 8. The lowest BCUT2D eigenvalue weighted by atomic mass is 9.88. The highest BCUT2D eigenvalue weighted by atomic mass is 35.5. The van der Waals surface area contributed by atoms with E-state index in [1.807, 2.05) is 32.9 Å². The monoisotopic (exact) mass is 1060 g/mol. The lowest BCUT2D eigenvalue weighted by Crippen LogP contribution is -2.64. The molecular weight excluding hydrogens is 983 g/mol. The van der Waals surface area contributed by atoms with Gasteiger partial charge in [0.1, 0.15) is 46.7 Å². The van der Waals surface area contributed by atoms with Crippen molar-refractivity contribution in [2.45, 2.75) is 187 Å². The summed E-state index contributed by atoms with van der Waals surface area (Å²) >= 11 is 12.3. The number of cyclic esters (lactones) is 1. The van der Waals surface area contributed by atoms with Gasteiger partial charge >= 0.3 is 17.9 Å². The molecular formula is C52H74Cl2O18. The second kappa shape index (κ2) is 26.5. The molecule has 0 aliphatic carbocycles. The van der Waals surface area contributed by atoms with E-state index >= 15 is 0 Å². The van der Waals surface area contributed by atoms with Crippen molar-refractivity contribution in [2.75, 3.05) is 13.7 Å². The van der Waals surface area contributed by atoms with Crippen LogP contribution in [-0.4, -0.2) is 153 Å². The smallest absolute Gasteiger partial charge is 0.342 e. The van der Waals surface area contributed by atoms with Gasteiger partial charge in [-0.2, -0.15) is 0 Å². The molecule has 3 heterocycles. The average molecular weight is 1060 g/mol. The molecule has 18 nitrogen and oxygen atoms in total. The number of phenolic OH excluding ortho intramolecular Hbond substituents is 2. The van der Waals surface area contributed by atoms with Crippen LogP contribution in [0.25, 0.3) is 0 Å². The van der Waals surface area contributed by atoms with Crippen LogP contribution in [0, 0.1) is 11.8 Å². The molecule has 20 heteroatoms. The van der Waals surface area contributed by atoms with Gasteiger partial charge in [-0.25, -0.2) is 9.59 Å². The molecule has 72 heavy (non-hydrogen) atoms. The van der Waals surface area contributed by atoms with Gasteiger partial charge in [-0.1, -0.05) is 86.9 Å². The third-order valence-corrected chi connectivity index (χ3v) is 13.8. The van der Waals surface area contributed by atoms with Crippen LogP contribution in [0.4, 0.5) is 0 Å². The van der Waals surface area contributed by atoms with Gasteiger partial charge in [-0.3, -0.25) is 4.79 Å².